The van der Waals surface area contributed by atoms with Crippen LogP contribution in [0.1, 0.15) is 52.6 Å². The Morgan fingerprint density at radius 1 is 0.646 bits per heavy atom. The molecule has 8 aromatic rings. The Kier molecular flexibility index (Phi) is 14.0. The monoisotopic (exact) mass is 890 g/mol. The Labute approximate surface area is 369 Å². The molecule has 0 saturated carbocycles. The highest BCUT2D eigenvalue weighted by molar-refractivity contribution is 5.91. The number of alkyl halides is 3. The van der Waals surface area contributed by atoms with Crippen LogP contribution < -0.4 is 10.6 Å². The number of hydrogen-bond acceptors (Lipinski definition) is 12. The van der Waals surface area contributed by atoms with Gasteiger partial charge in [0.2, 0.25) is 0 Å². The lowest BCUT2D eigenvalue weighted by atomic mass is 10.1. The Hall–Kier alpha value is -8.48. The molecule has 8 rings (SSSR count). The van der Waals surface area contributed by atoms with Gasteiger partial charge in [0.25, 0.3) is 12.0 Å². The number of nitrogens with one attached hydrogen (secondary N) is 2. The molecule has 0 atom stereocenters. The van der Waals surface area contributed by atoms with Gasteiger partial charge in [0, 0.05) is 47.3 Å². The van der Waals surface area contributed by atoms with Crippen LogP contribution >= 0.6 is 0 Å². The molecule has 65 heavy (non-hydrogen) atoms. The van der Waals surface area contributed by atoms with Crippen LogP contribution in [0.2, 0.25) is 0 Å². The number of aromatic carboxylic acids is 1. The Balaban J connectivity index is 0.000000189. The van der Waals surface area contributed by atoms with Gasteiger partial charge < -0.3 is 34.4 Å². The van der Waals surface area contributed by atoms with Gasteiger partial charge in [-0.1, -0.05) is 12.1 Å². The van der Waals surface area contributed by atoms with Crippen LogP contribution in [0.4, 0.5) is 36.6 Å². The fraction of sp³-hybridized carbons (Fsp3) is 0.152. The average molecular weight is 891 g/mol. The van der Waals surface area contributed by atoms with E-state index in [0.29, 0.717) is 34.8 Å². The van der Waals surface area contributed by atoms with Gasteiger partial charge in [-0.25, -0.2) is 33.7 Å². The number of nitrogens with zero attached hydrogens (tertiary/aromatic N) is 6. The van der Waals surface area contributed by atoms with Crippen LogP contribution in [0.5, 0.6) is 0 Å². The second-order valence-corrected chi connectivity index (χ2v) is 15.0. The number of aliphatic carboxylic acids is 1. The first-order valence-electron chi connectivity index (χ1n) is 19.5. The number of hydrogen-bond donors (Lipinski definition) is 4. The predicted octanol–water partition coefficient (Wildman–Crippen LogP) is 10.4. The molecule has 19 heteroatoms. The van der Waals surface area contributed by atoms with Crippen molar-refractivity contribution in [1.29, 1.82) is 0 Å². The SMILES string of the molecule is Cc1ccc(C(=O)O)cc1Nc1ncc(-c2ccc(-n3cccn3)cc2)o1.Cc1ccc(C(=O)OC(C)(C)C)cc1Nc1ncc(-c2ccc(-n3cccn3)cc2)o1.O=C(O)C(F)(F)F. The van der Waals surface area contributed by atoms with E-state index in [1.807, 2.05) is 114 Å². The molecule has 4 N–H and O–H groups in total. The summed E-state index contributed by atoms with van der Waals surface area (Å²) in [4.78, 5) is 41.0. The number of carbonyl (C=O) groups is 3. The van der Waals surface area contributed by atoms with Gasteiger partial charge in [-0.05, 0) is 131 Å². The average Bonchev–Trinajstić information content (AvgIpc) is 4.12. The van der Waals surface area contributed by atoms with Gasteiger partial charge in [0.05, 0.1) is 34.9 Å². The van der Waals surface area contributed by atoms with Gasteiger partial charge in [-0.3, -0.25) is 0 Å². The van der Waals surface area contributed by atoms with E-state index in [9.17, 15) is 22.8 Å². The Morgan fingerprint density at radius 2 is 1.06 bits per heavy atom. The lowest BCUT2D eigenvalue weighted by Gasteiger charge is -2.20. The van der Waals surface area contributed by atoms with Crippen molar-refractivity contribution in [3.63, 3.8) is 0 Å². The number of halogens is 3. The Morgan fingerprint density at radius 3 is 1.43 bits per heavy atom. The number of oxazole rings is 2. The minimum absolute atomic E-state index is 0.198. The number of carboxylic acid groups (broad SMARTS) is 2. The van der Waals surface area contributed by atoms with Crippen LogP contribution in [-0.2, 0) is 9.53 Å². The third-order valence-corrected chi connectivity index (χ3v) is 8.94. The zero-order valence-corrected chi connectivity index (χ0v) is 35.4. The van der Waals surface area contributed by atoms with Crippen LogP contribution in [0, 0.1) is 13.8 Å². The highest BCUT2D eigenvalue weighted by Gasteiger charge is 2.38. The maximum Gasteiger partial charge on any atom is 0.490 e. The number of benzene rings is 4. The summed E-state index contributed by atoms with van der Waals surface area (Å²) in [7, 11) is 0. The summed E-state index contributed by atoms with van der Waals surface area (Å²) in [6.07, 6.45) is 5.43. The molecule has 0 amide bonds. The summed E-state index contributed by atoms with van der Waals surface area (Å²) in [5, 5.41) is 30.9. The maximum atomic E-state index is 12.4. The molecule has 0 spiro atoms. The molecule has 0 aliphatic heterocycles. The van der Waals surface area contributed by atoms with Crippen molar-refractivity contribution in [2.45, 2.75) is 46.4 Å². The van der Waals surface area contributed by atoms with Crippen LogP contribution in [-0.4, -0.2) is 69.4 Å². The van der Waals surface area contributed by atoms with E-state index < -0.39 is 23.7 Å². The van der Waals surface area contributed by atoms with Crippen LogP contribution in [0.25, 0.3) is 34.0 Å². The van der Waals surface area contributed by atoms with Crippen molar-refractivity contribution < 1.29 is 51.3 Å². The first-order valence-corrected chi connectivity index (χ1v) is 19.5. The standard InChI is InChI=1S/C24H24N4O3.C20H16N4O3.C2HF3O2/c1-16-6-7-18(22(29)31-24(2,3)4)14-20(16)27-23-25-15-21(30-23)17-8-10-19(11-9-17)28-13-5-12-26-28;1-13-3-4-15(19(25)26)11-17(13)23-20-21-12-18(27-20)14-5-7-16(8-6-14)24-10-2-9-22-24;3-2(4,5)1(6)7/h5-15H,1-4H3,(H,25,27);2-12H,1H3,(H,21,23)(H,25,26);(H,6,7). The quantitative estimate of drug-likeness (QED) is 0.0941. The molecule has 0 aliphatic rings. The Bertz CT molecular complexity index is 2870. The van der Waals surface area contributed by atoms with Crippen molar-refractivity contribution in [2.24, 2.45) is 0 Å². The summed E-state index contributed by atoms with van der Waals surface area (Å²) >= 11 is 0. The van der Waals surface area contributed by atoms with Gasteiger partial charge in [-0.15, -0.1) is 0 Å². The summed E-state index contributed by atoms with van der Waals surface area (Å²) in [6, 6.07) is 30.2. The smallest absolute Gasteiger partial charge is 0.478 e. The van der Waals surface area contributed by atoms with Gasteiger partial charge in [0.1, 0.15) is 5.60 Å². The fourth-order valence-corrected chi connectivity index (χ4v) is 5.67. The molecule has 4 aromatic heterocycles. The molecule has 0 radical (unpaired) electrons. The van der Waals surface area contributed by atoms with E-state index in [1.165, 1.54) is 0 Å². The first-order chi connectivity index (χ1) is 30.8. The third-order valence-electron chi connectivity index (χ3n) is 8.94. The molecule has 334 valence electrons. The van der Waals surface area contributed by atoms with Crippen LogP contribution in [0.3, 0.4) is 0 Å². The summed E-state index contributed by atoms with van der Waals surface area (Å²) in [5.41, 5.74) is 7.00. The van der Waals surface area contributed by atoms with Gasteiger partial charge in [-0.2, -0.15) is 23.4 Å². The second-order valence-electron chi connectivity index (χ2n) is 15.0. The largest absolute Gasteiger partial charge is 0.490 e. The van der Waals surface area contributed by atoms with E-state index in [1.54, 1.807) is 64.5 Å². The zero-order valence-electron chi connectivity index (χ0n) is 35.4. The number of carbonyl (C=O) groups excluding carboxylic acids is 1. The number of ether oxygens (including phenoxy) is 1. The molecular weight excluding hydrogens is 850 g/mol. The van der Waals surface area contributed by atoms with Crippen molar-refractivity contribution in [3.8, 4) is 34.0 Å². The lowest BCUT2D eigenvalue weighted by molar-refractivity contribution is -0.192. The second kappa shape index (κ2) is 19.7. The van der Waals surface area contributed by atoms with Gasteiger partial charge in [0.15, 0.2) is 11.5 Å². The molecular formula is C46H41F3N8O8. The molecule has 4 aromatic carbocycles. The van der Waals surface area contributed by atoms with Gasteiger partial charge >= 0.3 is 24.1 Å². The van der Waals surface area contributed by atoms with Crippen LogP contribution in [0.15, 0.2) is 143 Å². The number of aromatic nitrogens is 6. The van der Waals surface area contributed by atoms with Crippen molar-refractivity contribution in [2.75, 3.05) is 10.6 Å². The topological polar surface area (TPSA) is 213 Å². The molecule has 0 aliphatic carbocycles. The van der Waals surface area contributed by atoms with E-state index in [0.717, 1.165) is 39.3 Å². The molecule has 0 fully saturated rings. The molecule has 16 nitrogen and oxygen atoms in total. The minimum Gasteiger partial charge on any atom is -0.478 e. The summed E-state index contributed by atoms with van der Waals surface area (Å²) in [5.74, 6) is -2.87. The zero-order chi connectivity index (χ0) is 46.9. The fourth-order valence-electron chi connectivity index (χ4n) is 5.67. The highest BCUT2D eigenvalue weighted by Crippen LogP contribution is 2.29. The van der Waals surface area contributed by atoms with Crippen molar-refractivity contribution in [3.05, 3.63) is 156 Å². The summed E-state index contributed by atoms with van der Waals surface area (Å²) in [6.45, 7) is 9.35. The molecule has 0 unspecified atom stereocenters. The van der Waals surface area contributed by atoms with Crippen molar-refractivity contribution in [1.82, 2.24) is 29.5 Å². The van der Waals surface area contributed by atoms with E-state index >= 15 is 0 Å². The summed E-state index contributed by atoms with van der Waals surface area (Å²) < 4.78 is 52.4. The lowest BCUT2D eigenvalue weighted by Crippen LogP contribution is -2.23. The predicted molar refractivity (Wildman–Crippen MR) is 233 cm³/mol. The number of rotatable bonds is 10. The number of esters is 1. The number of anilines is 4. The number of aryl methyl sites for hydroxylation is 2. The van der Waals surface area contributed by atoms with E-state index in [-0.39, 0.29) is 11.5 Å². The van der Waals surface area contributed by atoms with Crippen molar-refractivity contribution >= 4 is 41.3 Å². The number of carboxylic acids is 2. The minimum atomic E-state index is -5.08. The first kappa shape index (κ1) is 46.0. The van der Waals surface area contributed by atoms with E-state index in [2.05, 4.69) is 30.8 Å². The molecule has 0 saturated heterocycles. The highest BCUT2D eigenvalue weighted by atomic mass is 19.4. The molecule has 0 bridgehead atoms. The molecule has 4 heterocycles. The normalized spacial score (nSPS) is 11.1. The third kappa shape index (κ3) is 12.6. The maximum absolute atomic E-state index is 12.4. The van der Waals surface area contributed by atoms with E-state index in [4.69, 9.17) is 28.6 Å².